The van der Waals surface area contributed by atoms with Crippen LogP contribution in [0.2, 0.25) is 5.02 Å². The van der Waals surface area contributed by atoms with Crippen LogP contribution in [0.15, 0.2) is 84.9 Å². The molecule has 0 saturated carbocycles. The van der Waals surface area contributed by atoms with E-state index in [0.717, 1.165) is 0 Å². The molecule has 0 aliphatic rings. The summed E-state index contributed by atoms with van der Waals surface area (Å²) in [6.07, 6.45) is 0. The van der Waals surface area contributed by atoms with Crippen LogP contribution < -0.4 is 10.6 Å². The molecule has 0 spiro atoms. The van der Waals surface area contributed by atoms with Gasteiger partial charge in [-0.05, 0) is 42.0 Å². The number of hydrogen-bond donors (Lipinski definition) is 2. The Labute approximate surface area is 156 Å². The first-order valence-corrected chi connectivity index (χ1v) is 8.48. The Morgan fingerprint density at radius 3 is 1.96 bits per heavy atom. The SMILES string of the molecule is O=C(NC(C(=O)Nc1ccc(Cl)cc1)c1ccccc1)c1ccccc1. The Morgan fingerprint density at radius 2 is 1.35 bits per heavy atom. The molecule has 0 bridgehead atoms. The molecule has 3 aromatic rings. The Kier molecular flexibility index (Phi) is 5.66. The summed E-state index contributed by atoms with van der Waals surface area (Å²) >= 11 is 5.87. The average Bonchev–Trinajstić information content (AvgIpc) is 2.69. The van der Waals surface area contributed by atoms with Crippen molar-refractivity contribution in [2.75, 3.05) is 5.32 Å². The van der Waals surface area contributed by atoms with Crippen LogP contribution in [0.3, 0.4) is 0 Å². The second-order valence-corrected chi connectivity index (χ2v) is 6.12. The maximum atomic E-state index is 12.8. The number of anilines is 1. The van der Waals surface area contributed by atoms with Gasteiger partial charge in [-0.25, -0.2) is 0 Å². The summed E-state index contributed by atoms with van der Waals surface area (Å²) in [4.78, 5) is 25.3. The highest BCUT2D eigenvalue weighted by molar-refractivity contribution is 6.30. The molecule has 5 heteroatoms. The van der Waals surface area contributed by atoms with E-state index < -0.39 is 6.04 Å². The monoisotopic (exact) mass is 364 g/mol. The zero-order valence-corrected chi connectivity index (χ0v) is 14.6. The van der Waals surface area contributed by atoms with Crippen LogP contribution in [0.25, 0.3) is 0 Å². The van der Waals surface area contributed by atoms with Crippen molar-refractivity contribution in [2.24, 2.45) is 0 Å². The molecule has 0 saturated heterocycles. The van der Waals surface area contributed by atoms with Crippen molar-refractivity contribution in [2.45, 2.75) is 6.04 Å². The van der Waals surface area contributed by atoms with Crippen molar-refractivity contribution in [1.82, 2.24) is 5.32 Å². The molecule has 0 heterocycles. The molecule has 1 unspecified atom stereocenters. The third-order valence-electron chi connectivity index (χ3n) is 3.82. The van der Waals surface area contributed by atoms with Crippen LogP contribution in [0.5, 0.6) is 0 Å². The fraction of sp³-hybridized carbons (Fsp3) is 0.0476. The molecule has 3 rings (SSSR count). The Hall–Kier alpha value is -3.11. The van der Waals surface area contributed by atoms with Crippen molar-refractivity contribution in [3.63, 3.8) is 0 Å². The summed E-state index contributed by atoms with van der Waals surface area (Å²) < 4.78 is 0. The molecule has 130 valence electrons. The van der Waals surface area contributed by atoms with E-state index in [1.54, 1.807) is 60.7 Å². The predicted molar refractivity (Wildman–Crippen MR) is 103 cm³/mol. The molecule has 26 heavy (non-hydrogen) atoms. The fourth-order valence-electron chi connectivity index (χ4n) is 2.50. The third kappa shape index (κ3) is 4.49. The molecule has 0 fully saturated rings. The number of amides is 2. The van der Waals surface area contributed by atoms with Gasteiger partial charge in [0.1, 0.15) is 6.04 Å². The summed E-state index contributed by atoms with van der Waals surface area (Å²) in [6.45, 7) is 0. The topological polar surface area (TPSA) is 58.2 Å². The van der Waals surface area contributed by atoms with E-state index in [2.05, 4.69) is 10.6 Å². The van der Waals surface area contributed by atoms with Crippen LogP contribution in [0.1, 0.15) is 22.0 Å². The second-order valence-electron chi connectivity index (χ2n) is 5.68. The van der Waals surface area contributed by atoms with Gasteiger partial charge >= 0.3 is 0 Å². The van der Waals surface area contributed by atoms with Gasteiger partial charge in [-0.1, -0.05) is 60.1 Å². The second kappa shape index (κ2) is 8.32. The Morgan fingerprint density at radius 1 is 0.769 bits per heavy atom. The van der Waals surface area contributed by atoms with Gasteiger partial charge in [0.2, 0.25) is 0 Å². The van der Waals surface area contributed by atoms with Crippen molar-refractivity contribution in [3.05, 3.63) is 101 Å². The number of carbonyl (C=O) groups is 2. The number of nitrogens with one attached hydrogen (secondary N) is 2. The van der Waals surface area contributed by atoms with Gasteiger partial charge in [0.05, 0.1) is 0 Å². The first-order chi connectivity index (χ1) is 12.6. The van der Waals surface area contributed by atoms with Crippen molar-refractivity contribution in [1.29, 1.82) is 0 Å². The zero-order valence-electron chi connectivity index (χ0n) is 13.9. The van der Waals surface area contributed by atoms with Gasteiger partial charge < -0.3 is 10.6 Å². The minimum atomic E-state index is -0.820. The van der Waals surface area contributed by atoms with Gasteiger partial charge in [0.25, 0.3) is 11.8 Å². The summed E-state index contributed by atoms with van der Waals surface area (Å²) in [5.74, 6) is -0.645. The van der Waals surface area contributed by atoms with E-state index in [-0.39, 0.29) is 11.8 Å². The van der Waals surface area contributed by atoms with Gasteiger partial charge in [0, 0.05) is 16.3 Å². The number of benzene rings is 3. The summed E-state index contributed by atoms with van der Waals surface area (Å²) in [5.41, 5.74) is 1.80. The highest BCUT2D eigenvalue weighted by Crippen LogP contribution is 2.18. The van der Waals surface area contributed by atoms with Crippen LogP contribution >= 0.6 is 11.6 Å². The Balaban J connectivity index is 1.82. The molecule has 1 atom stereocenters. The van der Waals surface area contributed by atoms with Crippen molar-refractivity contribution in [3.8, 4) is 0 Å². The largest absolute Gasteiger partial charge is 0.336 e. The van der Waals surface area contributed by atoms with Crippen LogP contribution in [0, 0.1) is 0 Å². The number of carbonyl (C=O) groups excluding carboxylic acids is 2. The lowest BCUT2D eigenvalue weighted by atomic mass is 10.1. The number of hydrogen-bond acceptors (Lipinski definition) is 2. The standard InChI is InChI=1S/C21H17ClN2O2/c22-17-11-13-18(14-12-17)23-21(26)19(15-7-3-1-4-8-15)24-20(25)16-9-5-2-6-10-16/h1-14,19H,(H,23,26)(H,24,25). The van der Waals surface area contributed by atoms with E-state index in [1.165, 1.54) is 0 Å². The van der Waals surface area contributed by atoms with Crippen LogP contribution in [0.4, 0.5) is 5.69 Å². The summed E-state index contributed by atoms with van der Waals surface area (Å²) in [5, 5.41) is 6.20. The molecular weight excluding hydrogens is 348 g/mol. The molecule has 2 amide bonds. The molecule has 2 N–H and O–H groups in total. The molecule has 0 radical (unpaired) electrons. The zero-order chi connectivity index (χ0) is 18.4. The number of halogens is 1. The Bertz CT molecular complexity index is 881. The van der Waals surface area contributed by atoms with Gasteiger partial charge in [0.15, 0.2) is 0 Å². The minimum absolute atomic E-state index is 0.314. The predicted octanol–water partition coefficient (Wildman–Crippen LogP) is 4.45. The van der Waals surface area contributed by atoms with Crippen molar-refractivity contribution >= 4 is 29.1 Å². The van der Waals surface area contributed by atoms with Gasteiger partial charge in [-0.3, -0.25) is 9.59 Å². The first-order valence-electron chi connectivity index (χ1n) is 8.11. The summed E-state index contributed by atoms with van der Waals surface area (Å²) in [7, 11) is 0. The minimum Gasteiger partial charge on any atom is -0.336 e. The molecule has 4 nitrogen and oxygen atoms in total. The van der Waals surface area contributed by atoms with E-state index in [9.17, 15) is 9.59 Å². The smallest absolute Gasteiger partial charge is 0.252 e. The quantitative estimate of drug-likeness (QED) is 0.702. The molecule has 0 aromatic heterocycles. The van der Waals surface area contributed by atoms with E-state index in [0.29, 0.717) is 21.8 Å². The maximum Gasteiger partial charge on any atom is 0.252 e. The first kappa shape index (κ1) is 17.7. The van der Waals surface area contributed by atoms with Gasteiger partial charge in [-0.15, -0.1) is 0 Å². The average molecular weight is 365 g/mol. The highest BCUT2D eigenvalue weighted by atomic mass is 35.5. The third-order valence-corrected chi connectivity index (χ3v) is 4.07. The maximum absolute atomic E-state index is 12.8. The van der Waals surface area contributed by atoms with Gasteiger partial charge in [-0.2, -0.15) is 0 Å². The normalized spacial score (nSPS) is 11.4. The van der Waals surface area contributed by atoms with E-state index >= 15 is 0 Å². The summed E-state index contributed by atoms with van der Waals surface area (Å²) in [6, 6.07) is 23.9. The van der Waals surface area contributed by atoms with E-state index in [1.807, 2.05) is 24.3 Å². The molecular formula is C21H17ClN2O2. The fourth-order valence-corrected chi connectivity index (χ4v) is 2.62. The molecule has 0 aliphatic carbocycles. The van der Waals surface area contributed by atoms with E-state index in [4.69, 9.17) is 11.6 Å². The lowest BCUT2D eigenvalue weighted by molar-refractivity contribution is -0.118. The molecule has 0 aliphatic heterocycles. The van der Waals surface area contributed by atoms with Crippen LogP contribution in [-0.2, 0) is 4.79 Å². The van der Waals surface area contributed by atoms with Crippen LogP contribution in [-0.4, -0.2) is 11.8 Å². The lowest BCUT2D eigenvalue weighted by Crippen LogP contribution is -2.37. The number of rotatable bonds is 5. The lowest BCUT2D eigenvalue weighted by Gasteiger charge is -2.19. The van der Waals surface area contributed by atoms with Crippen molar-refractivity contribution < 1.29 is 9.59 Å². The highest BCUT2D eigenvalue weighted by Gasteiger charge is 2.23. The molecule has 3 aromatic carbocycles.